The van der Waals surface area contributed by atoms with Crippen LogP contribution in [0.3, 0.4) is 0 Å². The van der Waals surface area contributed by atoms with E-state index in [0.29, 0.717) is 0 Å². The maximum Gasteiger partial charge on any atom is 0.0541 e. The molecule has 1 aromatic heterocycles. The van der Waals surface area contributed by atoms with Gasteiger partial charge in [0.05, 0.1) is 11.0 Å². The zero-order chi connectivity index (χ0) is 64.4. The lowest BCUT2D eigenvalue weighted by Gasteiger charge is -2.27. The van der Waals surface area contributed by atoms with Crippen molar-refractivity contribution in [2.24, 2.45) is 0 Å². The monoisotopic (exact) mass is 1160 g/mol. The third-order valence-electron chi connectivity index (χ3n) is 18.6. The standard InChI is InChI=1S/C87H103N/c1-54-28-26-27-29-77(54)88-78-32-30-55(57-34-59(63-40-67(80(2,3)4)50-68(41-63)81(5,6)7)38-60(35-57)64-42-69(82(8,9)10)51-70(43-64)83(11,12)13)48-75(78)76-49-56(31-33-79(76)88)58-36-61(65-44-71(84(14,15)16)52-72(45-65)85(17,18)19)39-62(37-58)66-46-73(86(20,21)22)53-74(47-66)87(23,24)25/h26-53H,1-25H3. The van der Waals surface area contributed by atoms with Gasteiger partial charge < -0.3 is 4.57 Å². The van der Waals surface area contributed by atoms with Crippen molar-refractivity contribution in [2.75, 3.05) is 0 Å². The van der Waals surface area contributed by atoms with E-state index < -0.39 is 0 Å². The first-order chi connectivity index (χ1) is 40.5. The molecule has 0 saturated carbocycles. The Labute approximate surface area is 532 Å². The highest BCUT2D eigenvalue weighted by molar-refractivity contribution is 6.12. The van der Waals surface area contributed by atoms with Gasteiger partial charge in [-0.2, -0.15) is 0 Å². The fourth-order valence-corrected chi connectivity index (χ4v) is 12.4. The quantitative estimate of drug-likeness (QED) is 0.150. The predicted octanol–water partition coefficient (Wildman–Crippen LogP) is 25.5. The number of hydrogen-bond acceptors (Lipinski definition) is 0. The number of fused-ring (bicyclic) bond motifs is 3. The zero-order valence-corrected chi connectivity index (χ0v) is 58.6. The second-order valence-electron chi connectivity index (χ2n) is 34.4. The molecule has 0 bridgehead atoms. The molecule has 0 aliphatic carbocycles. The first kappa shape index (κ1) is 63.8. The van der Waals surface area contributed by atoms with E-state index in [1.54, 1.807) is 0 Å². The minimum absolute atomic E-state index is 0.0303. The Balaban J connectivity index is 1.27. The van der Waals surface area contributed by atoms with Gasteiger partial charge in [-0.15, -0.1) is 0 Å². The Hall–Kier alpha value is -7.22. The summed E-state index contributed by atoms with van der Waals surface area (Å²) in [4.78, 5) is 0. The first-order valence-electron chi connectivity index (χ1n) is 32.6. The molecule has 0 spiro atoms. The van der Waals surface area contributed by atoms with Crippen LogP contribution in [0.2, 0.25) is 0 Å². The normalized spacial score (nSPS) is 13.3. The van der Waals surface area contributed by atoms with E-state index in [9.17, 15) is 0 Å². The van der Waals surface area contributed by atoms with Crippen LogP contribution in [-0.4, -0.2) is 4.57 Å². The number of aryl methyl sites for hydroxylation is 1. The van der Waals surface area contributed by atoms with Crippen molar-refractivity contribution in [3.8, 4) is 72.4 Å². The van der Waals surface area contributed by atoms with Crippen molar-refractivity contribution in [1.29, 1.82) is 0 Å². The van der Waals surface area contributed by atoms with Crippen molar-refractivity contribution < 1.29 is 0 Å². The Morgan fingerprint density at radius 2 is 0.409 bits per heavy atom. The van der Waals surface area contributed by atoms with Gasteiger partial charge in [-0.1, -0.05) is 269 Å². The number of hydrogen-bond donors (Lipinski definition) is 0. The number of rotatable bonds is 7. The van der Waals surface area contributed by atoms with Gasteiger partial charge in [0.1, 0.15) is 0 Å². The highest BCUT2D eigenvalue weighted by Gasteiger charge is 2.28. The average molecular weight is 1160 g/mol. The van der Waals surface area contributed by atoms with Crippen LogP contribution in [0.4, 0.5) is 0 Å². The summed E-state index contributed by atoms with van der Waals surface area (Å²) >= 11 is 0. The average Bonchev–Trinajstić information content (AvgIpc) is 1.59. The van der Waals surface area contributed by atoms with Gasteiger partial charge in [0.15, 0.2) is 0 Å². The van der Waals surface area contributed by atoms with Crippen LogP contribution in [0.1, 0.15) is 216 Å². The fraction of sp³-hybridized carbons (Fsp3) is 0.379. The Morgan fingerprint density at radius 3 is 0.625 bits per heavy atom. The summed E-state index contributed by atoms with van der Waals surface area (Å²) in [6.45, 7) is 58.6. The van der Waals surface area contributed by atoms with Crippen molar-refractivity contribution in [1.82, 2.24) is 4.57 Å². The molecule has 0 saturated heterocycles. The summed E-state index contributed by atoms with van der Waals surface area (Å²) in [6, 6.07) is 67.7. The van der Waals surface area contributed by atoms with E-state index in [0.717, 1.165) is 0 Å². The highest BCUT2D eigenvalue weighted by atomic mass is 15.0. The second kappa shape index (κ2) is 22.1. The van der Waals surface area contributed by atoms with Gasteiger partial charge in [0, 0.05) is 16.5 Å². The predicted molar refractivity (Wildman–Crippen MR) is 388 cm³/mol. The Bertz CT molecular complexity index is 3740. The lowest BCUT2D eigenvalue weighted by Crippen LogP contribution is -2.16. The molecule has 0 fully saturated rings. The van der Waals surface area contributed by atoms with Crippen LogP contribution < -0.4 is 0 Å². The van der Waals surface area contributed by atoms with Crippen LogP contribution in [0, 0.1) is 6.92 Å². The minimum atomic E-state index is -0.0303. The molecule has 9 aromatic carbocycles. The van der Waals surface area contributed by atoms with Crippen LogP contribution in [-0.2, 0) is 43.3 Å². The number of nitrogens with zero attached hydrogens (tertiary/aromatic N) is 1. The highest BCUT2D eigenvalue weighted by Crippen LogP contribution is 2.45. The van der Waals surface area contributed by atoms with Gasteiger partial charge in [-0.25, -0.2) is 0 Å². The summed E-state index contributed by atoms with van der Waals surface area (Å²) in [5.41, 5.74) is 30.1. The minimum Gasteiger partial charge on any atom is -0.309 e. The molecule has 0 unspecified atom stereocenters. The molecule has 88 heavy (non-hydrogen) atoms. The van der Waals surface area contributed by atoms with Gasteiger partial charge in [-0.05, 0) is 234 Å². The fourth-order valence-electron chi connectivity index (χ4n) is 12.4. The van der Waals surface area contributed by atoms with Crippen molar-refractivity contribution in [3.63, 3.8) is 0 Å². The van der Waals surface area contributed by atoms with Gasteiger partial charge in [0.25, 0.3) is 0 Å². The van der Waals surface area contributed by atoms with E-state index in [1.165, 1.54) is 144 Å². The van der Waals surface area contributed by atoms with Crippen LogP contribution in [0.15, 0.2) is 170 Å². The molecule has 1 heterocycles. The number of para-hydroxylation sites is 1. The van der Waals surface area contributed by atoms with Crippen molar-refractivity contribution >= 4 is 21.8 Å². The van der Waals surface area contributed by atoms with Crippen LogP contribution in [0.5, 0.6) is 0 Å². The third kappa shape index (κ3) is 13.2. The summed E-state index contributed by atoms with van der Waals surface area (Å²) in [6.07, 6.45) is 0. The molecular weight excluding hydrogens is 1060 g/mol. The molecular formula is C87H103N. The van der Waals surface area contributed by atoms with Gasteiger partial charge in [-0.3, -0.25) is 0 Å². The lowest BCUT2D eigenvalue weighted by molar-refractivity contribution is 0.568. The van der Waals surface area contributed by atoms with Crippen molar-refractivity contribution in [3.05, 3.63) is 220 Å². The zero-order valence-electron chi connectivity index (χ0n) is 58.6. The maximum absolute atomic E-state index is 2.51. The molecule has 456 valence electrons. The maximum atomic E-state index is 2.51. The molecule has 10 rings (SSSR count). The lowest BCUT2D eigenvalue weighted by atomic mass is 9.77. The molecule has 1 heteroatoms. The molecule has 0 N–H and O–H groups in total. The van der Waals surface area contributed by atoms with Crippen molar-refractivity contribution in [2.45, 2.75) is 216 Å². The molecule has 0 atom stereocenters. The number of aromatic nitrogens is 1. The van der Waals surface area contributed by atoms with Crippen LogP contribution in [0.25, 0.3) is 94.3 Å². The third-order valence-corrected chi connectivity index (χ3v) is 18.6. The molecule has 0 aliphatic rings. The largest absolute Gasteiger partial charge is 0.309 e. The van der Waals surface area contributed by atoms with Gasteiger partial charge in [0.2, 0.25) is 0 Å². The molecule has 0 aliphatic heterocycles. The van der Waals surface area contributed by atoms with E-state index in [2.05, 4.69) is 348 Å². The molecule has 0 radical (unpaired) electrons. The molecule has 0 amide bonds. The van der Waals surface area contributed by atoms with E-state index in [4.69, 9.17) is 0 Å². The van der Waals surface area contributed by atoms with E-state index in [-0.39, 0.29) is 43.3 Å². The summed E-state index contributed by atoms with van der Waals surface area (Å²) in [7, 11) is 0. The van der Waals surface area contributed by atoms with E-state index in [1.807, 2.05) is 0 Å². The SMILES string of the molecule is Cc1ccccc1-n1c2ccc(-c3cc(-c4cc(C(C)(C)C)cc(C(C)(C)C)c4)cc(-c4cc(C(C)(C)C)cc(C(C)(C)C)c4)c3)cc2c2cc(-c3cc(-c4cc(C(C)(C)C)cc(C(C)(C)C)c4)cc(-c4cc(C(C)(C)C)cc(C(C)(C)C)c4)c3)ccc21. The number of benzene rings is 9. The topological polar surface area (TPSA) is 4.93 Å². The smallest absolute Gasteiger partial charge is 0.0541 e. The van der Waals surface area contributed by atoms with Gasteiger partial charge >= 0.3 is 0 Å². The Morgan fingerprint density at radius 1 is 0.205 bits per heavy atom. The first-order valence-corrected chi connectivity index (χ1v) is 32.6. The summed E-state index contributed by atoms with van der Waals surface area (Å²) in [5.74, 6) is 0. The molecule has 10 aromatic rings. The summed E-state index contributed by atoms with van der Waals surface area (Å²) in [5, 5.41) is 2.46. The second-order valence-corrected chi connectivity index (χ2v) is 34.4. The molecule has 1 nitrogen and oxygen atoms in total. The van der Waals surface area contributed by atoms with E-state index >= 15 is 0 Å². The van der Waals surface area contributed by atoms with Crippen LogP contribution >= 0.6 is 0 Å². The Kier molecular flexibility index (Phi) is 16.0. The summed E-state index contributed by atoms with van der Waals surface area (Å²) < 4.78 is 2.51.